The smallest absolute Gasteiger partial charge is 0.119 e. The molecule has 2 rings (SSSR count). The van der Waals surface area contributed by atoms with Crippen molar-refractivity contribution in [1.82, 2.24) is 5.43 Å². The van der Waals surface area contributed by atoms with Crippen LogP contribution in [0.3, 0.4) is 0 Å². The Labute approximate surface area is 159 Å². The lowest BCUT2D eigenvalue weighted by Crippen LogP contribution is -2.11. The molecule has 0 aliphatic rings. The number of nitrogens with one attached hydrogen (secondary N) is 2. The lowest BCUT2D eigenvalue weighted by molar-refractivity contribution is 0.0897. The number of anilines is 1. The van der Waals surface area contributed by atoms with Crippen LogP contribution in [-0.2, 0) is 11.3 Å². The molecule has 0 aromatic heterocycles. The number of halogens is 1. The highest BCUT2D eigenvalue weighted by atomic mass is 19.1. The van der Waals surface area contributed by atoms with E-state index in [1.165, 1.54) is 0 Å². The number of alkyl halides is 1. The van der Waals surface area contributed by atoms with Crippen molar-refractivity contribution < 1.29 is 13.9 Å². The molecule has 0 fully saturated rings. The first-order valence-electron chi connectivity index (χ1n) is 8.83. The van der Waals surface area contributed by atoms with Crippen LogP contribution in [0.5, 0.6) is 5.75 Å². The molecule has 144 valence electrons. The maximum Gasteiger partial charge on any atom is 0.119 e. The predicted molar refractivity (Wildman–Crippen MR) is 108 cm³/mol. The molecule has 0 atom stereocenters. The second kappa shape index (κ2) is 11.7. The third-order valence-electron chi connectivity index (χ3n) is 3.76. The van der Waals surface area contributed by atoms with Crippen molar-refractivity contribution in [2.24, 2.45) is 5.10 Å². The molecule has 0 unspecified atom stereocenters. The number of hydrogen-bond acceptors (Lipinski definition) is 5. The van der Waals surface area contributed by atoms with Crippen molar-refractivity contribution in [2.75, 3.05) is 38.9 Å². The molecule has 27 heavy (non-hydrogen) atoms. The number of allylic oxidation sites excluding steroid dienone is 1. The minimum absolute atomic E-state index is 0.106. The van der Waals surface area contributed by atoms with E-state index in [1.54, 1.807) is 6.08 Å². The van der Waals surface area contributed by atoms with E-state index in [1.807, 2.05) is 55.6 Å². The molecule has 5 nitrogen and oxygen atoms in total. The highest BCUT2D eigenvalue weighted by Gasteiger charge is 2.01. The van der Waals surface area contributed by atoms with Crippen molar-refractivity contribution in [2.45, 2.75) is 6.54 Å². The first-order chi connectivity index (χ1) is 13.3. The van der Waals surface area contributed by atoms with E-state index in [4.69, 9.17) is 9.47 Å². The Morgan fingerprint density at radius 1 is 1.15 bits per heavy atom. The second-order valence-electron chi connectivity index (χ2n) is 5.66. The summed E-state index contributed by atoms with van der Waals surface area (Å²) in [5, 5.41) is 7.51. The standard InChI is InChI=1S/C21H26FN3O2/c1-3-21(18-7-9-19(23-2)10-8-18)25-24-16-17-5-4-6-20(15-17)27-14-13-26-12-11-22/h3-10,15,23-24H,1,11-14,16H2,2H3/b25-21+. The first kappa shape index (κ1) is 20.5. The topological polar surface area (TPSA) is 54.9 Å². The van der Waals surface area contributed by atoms with Crippen LogP contribution in [0.25, 0.3) is 0 Å². The SMILES string of the molecule is C=C/C(=N\NCc1cccc(OCCOCCF)c1)c1ccc(NC)cc1. The number of nitrogens with zero attached hydrogens (tertiary/aromatic N) is 1. The van der Waals surface area contributed by atoms with Gasteiger partial charge in [0.1, 0.15) is 19.0 Å². The molecule has 2 N–H and O–H groups in total. The van der Waals surface area contributed by atoms with Crippen LogP contribution >= 0.6 is 0 Å². The highest BCUT2D eigenvalue weighted by molar-refractivity contribution is 6.08. The van der Waals surface area contributed by atoms with Gasteiger partial charge in [0.05, 0.1) is 25.5 Å². The Balaban J connectivity index is 1.87. The van der Waals surface area contributed by atoms with Crippen molar-refractivity contribution in [3.63, 3.8) is 0 Å². The molecule has 0 aliphatic carbocycles. The number of hydrogen-bond donors (Lipinski definition) is 2. The number of ether oxygens (including phenoxy) is 2. The summed E-state index contributed by atoms with van der Waals surface area (Å²) in [6.45, 7) is 4.77. The van der Waals surface area contributed by atoms with Crippen molar-refractivity contribution in [1.29, 1.82) is 0 Å². The first-order valence-corrected chi connectivity index (χ1v) is 8.83. The van der Waals surface area contributed by atoms with Gasteiger partial charge in [-0.3, -0.25) is 0 Å². The van der Waals surface area contributed by atoms with Gasteiger partial charge in [-0.2, -0.15) is 5.10 Å². The van der Waals surface area contributed by atoms with E-state index in [0.717, 1.165) is 28.3 Å². The molecule has 2 aromatic rings. The number of benzene rings is 2. The average molecular weight is 371 g/mol. The van der Waals surface area contributed by atoms with Crippen LogP contribution in [0.2, 0.25) is 0 Å². The Bertz CT molecular complexity index is 732. The zero-order valence-corrected chi connectivity index (χ0v) is 15.6. The summed E-state index contributed by atoms with van der Waals surface area (Å²) in [6, 6.07) is 15.7. The molecular weight excluding hydrogens is 345 g/mol. The zero-order valence-electron chi connectivity index (χ0n) is 15.6. The molecular formula is C21H26FN3O2. The number of rotatable bonds is 12. The van der Waals surface area contributed by atoms with Crippen LogP contribution in [0.15, 0.2) is 66.3 Å². The fourth-order valence-corrected chi connectivity index (χ4v) is 2.37. The van der Waals surface area contributed by atoms with Crippen LogP contribution in [-0.4, -0.2) is 39.3 Å². The van der Waals surface area contributed by atoms with Crippen LogP contribution in [0.4, 0.5) is 10.1 Å². The van der Waals surface area contributed by atoms with Crippen LogP contribution in [0, 0.1) is 0 Å². The average Bonchev–Trinajstić information content (AvgIpc) is 2.71. The summed E-state index contributed by atoms with van der Waals surface area (Å²) in [5.41, 5.74) is 6.91. The van der Waals surface area contributed by atoms with E-state index in [-0.39, 0.29) is 6.61 Å². The molecule has 0 aliphatic heterocycles. The Morgan fingerprint density at radius 3 is 2.67 bits per heavy atom. The van der Waals surface area contributed by atoms with E-state index in [9.17, 15) is 4.39 Å². The van der Waals surface area contributed by atoms with Gasteiger partial charge >= 0.3 is 0 Å². The summed E-state index contributed by atoms with van der Waals surface area (Å²) in [5.74, 6) is 0.744. The monoisotopic (exact) mass is 371 g/mol. The molecule has 0 spiro atoms. The Kier molecular flexibility index (Phi) is 8.86. The van der Waals surface area contributed by atoms with E-state index >= 15 is 0 Å². The van der Waals surface area contributed by atoms with Crippen LogP contribution < -0.4 is 15.5 Å². The summed E-state index contributed by atoms with van der Waals surface area (Å²) >= 11 is 0. The predicted octanol–water partition coefficient (Wildman–Crippen LogP) is 3.77. The third kappa shape index (κ3) is 7.11. The minimum atomic E-state index is -0.478. The van der Waals surface area contributed by atoms with Gasteiger partial charge < -0.3 is 20.2 Å². The fraction of sp³-hybridized carbons (Fsp3) is 0.286. The quantitative estimate of drug-likeness (QED) is 0.339. The van der Waals surface area contributed by atoms with Gasteiger partial charge in [0.15, 0.2) is 0 Å². The Morgan fingerprint density at radius 2 is 1.96 bits per heavy atom. The van der Waals surface area contributed by atoms with Gasteiger partial charge in [-0.15, -0.1) is 0 Å². The molecule has 6 heteroatoms. The van der Waals surface area contributed by atoms with Gasteiger partial charge in [0.2, 0.25) is 0 Å². The van der Waals surface area contributed by atoms with E-state index in [0.29, 0.717) is 19.8 Å². The maximum atomic E-state index is 11.9. The molecule has 0 radical (unpaired) electrons. The molecule has 0 saturated carbocycles. The normalized spacial score (nSPS) is 11.1. The van der Waals surface area contributed by atoms with Crippen molar-refractivity contribution >= 4 is 11.4 Å². The largest absolute Gasteiger partial charge is 0.491 e. The lowest BCUT2D eigenvalue weighted by atomic mass is 10.1. The summed E-state index contributed by atoms with van der Waals surface area (Å²) in [6.07, 6.45) is 1.72. The van der Waals surface area contributed by atoms with Gasteiger partial charge in [0.25, 0.3) is 0 Å². The molecule has 2 aromatic carbocycles. The maximum absolute atomic E-state index is 11.9. The van der Waals surface area contributed by atoms with Crippen LogP contribution in [0.1, 0.15) is 11.1 Å². The number of hydrazone groups is 1. The van der Waals surface area contributed by atoms with Gasteiger partial charge in [-0.05, 0) is 35.9 Å². The summed E-state index contributed by atoms with van der Waals surface area (Å²) < 4.78 is 22.6. The zero-order chi connectivity index (χ0) is 19.3. The van der Waals surface area contributed by atoms with Gasteiger partial charge in [-0.1, -0.05) is 30.8 Å². The fourth-order valence-electron chi connectivity index (χ4n) is 2.37. The molecule has 0 bridgehead atoms. The van der Waals surface area contributed by atoms with Crippen molar-refractivity contribution in [3.05, 3.63) is 72.3 Å². The lowest BCUT2D eigenvalue weighted by Gasteiger charge is -2.09. The second-order valence-corrected chi connectivity index (χ2v) is 5.66. The minimum Gasteiger partial charge on any atom is -0.491 e. The van der Waals surface area contributed by atoms with Crippen molar-refractivity contribution in [3.8, 4) is 5.75 Å². The van der Waals surface area contributed by atoms with E-state index < -0.39 is 6.67 Å². The molecule has 0 saturated heterocycles. The summed E-state index contributed by atoms with van der Waals surface area (Å²) in [4.78, 5) is 0. The van der Waals surface area contributed by atoms with E-state index in [2.05, 4.69) is 22.4 Å². The molecule has 0 heterocycles. The highest BCUT2D eigenvalue weighted by Crippen LogP contribution is 2.13. The van der Waals surface area contributed by atoms with Gasteiger partial charge in [0, 0.05) is 18.3 Å². The summed E-state index contributed by atoms with van der Waals surface area (Å²) in [7, 11) is 1.88. The Hall–Kier alpha value is -2.86. The molecule has 0 amide bonds. The van der Waals surface area contributed by atoms with Gasteiger partial charge in [-0.25, -0.2) is 4.39 Å². The third-order valence-corrected chi connectivity index (χ3v) is 3.76.